The van der Waals surface area contributed by atoms with Crippen LogP contribution in [0, 0.1) is 11.6 Å². The maximum atomic E-state index is 13.8. The van der Waals surface area contributed by atoms with Gasteiger partial charge in [-0.15, -0.1) is 0 Å². The molecule has 0 saturated carbocycles. The Kier molecular flexibility index (Phi) is 3.76. The molecule has 2 N–H and O–H groups in total. The number of guanidine groups is 1. The minimum Gasteiger partial charge on any atom is -0.383 e. The van der Waals surface area contributed by atoms with Crippen molar-refractivity contribution < 1.29 is 13.5 Å². The van der Waals surface area contributed by atoms with Crippen molar-refractivity contribution in [2.45, 2.75) is 6.04 Å². The van der Waals surface area contributed by atoms with Gasteiger partial charge in [0, 0.05) is 19.2 Å². The summed E-state index contributed by atoms with van der Waals surface area (Å²) in [6, 6.07) is 3.77. The lowest BCUT2D eigenvalue weighted by molar-refractivity contribution is 0.165. The lowest BCUT2D eigenvalue weighted by atomic mass is 10.1. The fourth-order valence-electron chi connectivity index (χ4n) is 2.03. The molecule has 0 aromatic heterocycles. The molecule has 1 aromatic carbocycles. The van der Waals surface area contributed by atoms with Crippen LogP contribution in [0.15, 0.2) is 23.2 Å². The lowest BCUT2D eigenvalue weighted by Gasteiger charge is -2.26. The Hall–Kier alpha value is -1.69. The van der Waals surface area contributed by atoms with Crippen LogP contribution in [0.25, 0.3) is 0 Å². The first-order chi connectivity index (χ1) is 8.65. The number of nitrogens with zero attached hydrogens (tertiary/aromatic N) is 2. The third-order valence-electron chi connectivity index (χ3n) is 2.97. The fourth-order valence-corrected chi connectivity index (χ4v) is 2.03. The molecule has 1 aliphatic rings. The van der Waals surface area contributed by atoms with E-state index in [4.69, 9.17) is 10.5 Å². The van der Waals surface area contributed by atoms with Gasteiger partial charge in [0.2, 0.25) is 0 Å². The lowest BCUT2D eigenvalue weighted by Crippen LogP contribution is -2.38. The van der Waals surface area contributed by atoms with E-state index in [1.54, 1.807) is 18.1 Å². The van der Waals surface area contributed by atoms with Gasteiger partial charge in [-0.3, -0.25) is 4.99 Å². The molecule has 0 fully saturated rings. The number of methoxy groups -OCH3 is 1. The third-order valence-corrected chi connectivity index (χ3v) is 2.97. The van der Waals surface area contributed by atoms with Crippen molar-refractivity contribution in [3.8, 4) is 0 Å². The van der Waals surface area contributed by atoms with Gasteiger partial charge in [-0.2, -0.15) is 0 Å². The van der Waals surface area contributed by atoms with Crippen LogP contribution in [-0.2, 0) is 4.74 Å². The van der Waals surface area contributed by atoms with E-state index in [2.05, 4.69) is 4.99 Å². The smallest absolute Gasteiger partial charge is 0.192 e. The van der Waals surface area contributed by atoms with Crippen molar-refractivity contribution >= 4 is 5.96 Å². The molecule has 1 heterocycles. The molecule has 0 amide bonds. The fraction of sp³-hybridized carbons (Fsp3) is 0.417. The minimum atomic E-state index is -0.857. The molecule has 4 nitrogen and oxygen atoms in total. The predicted octanol–water partition coefficient (Wildman–Crippen LogP) is 1.28. The molecule has 1 unspecified atom stereocenters. The van der Waals surface area contributed by atoms with Crippen molar-refractivity contribution in [2.24, 2.45) is 10.7 Å². The molecule has 0 bridgehead atoms. The number of ether oxygens (including phenoxy) is 1. The zero-order valence-electron chi connectivity index (χ0n) is 10.1. The van der Waals surface area contributed by atoms with Gasteiger partial charge >= 0.3 is 0 Å². The van der Waals surface area contributed by atoms with E-state index < -0.39 is 11.6 Å². The number of rotatable bonds is 4. The number of aliphatic imine (C=N–C) groups is 1. The summed E-state index contributed by atoms with van der Waals surface area (Å²) >= 11 is 0. The Morgan fingerprint density at radius 3 is 3.00 bits per heavy atom. The molecule has 6 heteroatoms. The average molecular weight is 255 g/mol. The second-order valence-electron chi connectivity index (χ2n) is 4.04. The van der Waals surface area contributed by atoms with Crippen molar-refractivity contribution in [2.75, 3.05) is 26.8 Å². The number of halogens is 2. The van der Waals surface area contributed by atoms with E-state index in [1.807, 2.05) is 0 Å². The van der Waals surface area contributed by atoms with Gasteiger partial charge in [-0.05, 0) is 6.07 Å². The molecule has 2 rings (SSSR count). The number of nitrogens with two attached hydrogens (primary N) is 1. The van der Waals surface area contributed by atoms with Gasteiger partial charge in [0.1, 0.15) is 0 Å². The Morgan fingerprint density at radius 1 is 1.50 bits per heavy atom. The van der Waals surface area contributed by atoms with Gasteiger partial charge in [0.05, 0.1) is 19.2 Å². The van der Waals surface area contributed by atoms with E-state index in [9.17, 15) is 8.78 Å². The summed E-state index contributed by atoms with van der Waals surface area (Å²) in [5, 5.41) is 0. The second-order valence-corrected chi connectivity index (χ2v) is 4.04. The van der Waals surface area contributed by atoms with Crippen molar-refractivity contribution in [3.63, 3.8) is 0 Å². The number of benzene rings is 1. The molecular formula is C12H15F2N3O. The summed E-state index contributed by atoms with van der Waals surface area (Å²) in [5.74, 6) is -1.36. The highest BCUT2D eigenvalue weighted by molar-refractivity contribution is 5.80. The highest BCUT2D eigenvalue weighted by atomic mass is 19.2. The Bertz CT molecular complexity index is 465. The first-order valence-corrected chi connectivity index (χ1v) is 5.64. The molecule has 1 aromatic rings. The molecule has 1 atom stereocenters. The Balaban J connectivity index is 2.24. The van der Waals surface area contributed by atoms with Crippen LogP contribution in [0.4, 0.5) is 8.78 Å². The van der Waals surface area contributed by atoms with E-state index in [0.717, 1.165) is 6.07 Å². The molecule has 18 heavy (non-hydrogen) atoms. The van der Waals surface area contributed by atoms with Crippen LogP contribution in [0.1, 0.15) is 11.6 Å². The van der Waals surface area contributed by atoms with Gasteiger partial charge in [0.25, 0.3) is 0 Å². The van der Waals surface area contributed by atoms with E-state index in [0.29, 0.717) is 25.7 Å². The number of hydrogen-bond acceptors (Lipinski definition) is 4. The predicted molar refractivity (Wildman–Crippen MR) is 64.2 cm³/mol. The maximum absolute atomic E-state index is 13.8. The Labute approximate surface area is 104 Å². The second kappa shape index (κ2) is 5.30. The molecular weight excluding hydrogens is 240 g/mol. The van der Waals surface area contributed by atoms with Crippen LogP contribution >= 0.6 is 0 Å². The zero-order valence-corrected chi connectivity index (χ0v) is 10.1. The maximum Gasteiger partial charge on any atom is 0.192 e. The Morgan fingerprint density at radius 2 is 2.28 bits per heavy atom. The van der Waals surface area contributed by atoms with Gasteiger partial charge in [0.15, 0.2) is 17.6 Å². The first kappa shape index (κ1) is 12.8. The van der Waals surface area contributed by atoms with Crippen molar-refractivity contribution in [1.29, 1.82) is 0 Å². The van der Waals surface area contributed by atoms with Crippen LogP contribution in [-0.4, -0.2) is 37.7 Å². The van der Waals surface area contributed by atoms with E-state index in [-0.39, 0.29) is 11.6 Å². The van der Waals surface area contributed by atoms with Crippen LogP contribution in [0.2, 0.25) is 0 Å². The summed E-state index contributed by atoms with van der Waals surface area (Å²) in [7, 11) is 1.57. The summed E-state index contributed by atoms with van der Waals surface area (Å²) in [4.78, 5) is 5.80. The van der Waals surface area contributed by atoms with E-state index >= 15 is 0 Å². The van der Waals surface area contributed by atoms with Crippen LogP contribution in [0.3, 0.4) is 0 Å². The van der Waals surface area contributed by atoms with E-state index in [1.165, 1.54) is 6.07 Å². The summed E-state index contributed by atoms with van der Waals surface area (Å²) in [6.45, 7) is 1.27. The van der Waals surface area contributed by atoms with Crippen LogP contribution in [0.5, 0.6) is 0 Å². The highest BCUT2D eigenvalue weighted by Gasteiger charge is 2.29. The van der Waals surface area contributed by atoms with Gasteiger partial charge < -0.3 is 15.4 Å². The topological polar surface area (TPSA) is 50.9 Å². The summed E-state index contributed by atoms with van der Waals surface area (Å²) in [6.07, 6.45) is 0. The zero-order chi connectivity index (χ0) is 13.1. The molecule has 0 aliphatic carbocycles. The third kappa shape index (κ3) is 2.28. The SMILES string of the molecule is COCCN1C(N)=NCC1c1cccc(F)c1F. The molecule has 0 spiro atoms. The summed E-state index contributed by atoms with van der Waals surface area (Å²) in [5.41, 5.74) is 6.01. The summed E-state index contributed by atoms with van der Waals surface area (Å²) < 4.78 is 31.9. The molecule has 0 radical (unpaired) electrons. The monoisotopic (exact) mass is 255 g/mol. The normalized spacial score (nSPS) is 19.2. The molecule has 0 saturated heterocycles. The van der Waals surface area contributed by atoms with Gasteiger partial charge in [-0.1, -0.05) is 12.1 Å². The molecule has 98 valence electrons. The standard InChI is InChI=1S/C12H15F2N3O/c1-18-6-5-17-10(7-16-12(17)15)8-3-2-4-9(13)11(8)14/h2-4,10H,5-7H2,1H3,(H2,15,16). The molecule has 1 aliphatic heterocycles. The minimum absolute atomic E-state index is 0.273. The van der Waals surface area contributed by atoms with Crippen molar-refractivity contribution in [1.82, 2.24) is 4.90 Å². The van der Waals surface area contributed by atoms with Gasteiger partial charge in [-0.25, -0.2) is 8.78 Å². The average Bonchev–Trinajstić information content (AvgIpc) is 2.72. The largest absolute Gasteiger partial charge is 0.383 e. The quantitative estimate of drug-likeness (QED) is 0.881. The first-order valence-electron chi connectivity index (χ1n) is 5.64. The highest BCUT2D eigenvalue weighted by Crippen LogP contribution is 2.28. The van der Waals surface area contributed by atoms with Crippen molar-refractivity contribution in [3.05, 3.63) is 35.4 Å². The van der Waals surface area contributed by atoms with Crippen LogP contribution < -0.4 is 5.73 Å². The number of hydrogen-bond donors (Lipinski definition) is 1.